The van der Waals surface area contributed by atoms with Gasteiger partial charge in [0.05, 0.1) is 0 Å². The number of aromatic amines is 1. The number of nitrogens with one attached hydrogen (secondary N) is 1. The van der Waals surface area contributed by atoms with Crippen LogP contribution in [0, 0.1) is 0 Å². The van der Waals surface area contributed by atoms with Crippen molar-refractivity contribution in [3.63, 3.8) is 0 Å². The van der Waals surface area contributed by atoms with E-state index in [9.17, 15) is 4.79 Å². The van der Waals surface area contributed by atoms with Crippen molar-refractivity contribution in [1.82, 2.24) is 10.2 Å². The second-order valence-corrected chi connectivity index (χ2v) is 1.73. The number of hydrogen-bond acceptors (Lipinski definition) is 2. The first kappa shape index (κ1) is 5.87. The molecule has 2 N–H and O–H groups in total. The Hall–Kier alpha value is -1.26. The highest BCUT2D eigenvalue weighted by molar-refractivity contribution is 6.35. The van der Waals surface area contributed by atoms with E-state index in [0.717, 1.165) is 0 Å². The third kappa shape index (κ3) is 0.935. The summed E-state index contributed by atoms with van der Waals surface area (Å²) in [6, 6.07) is 0. The van der Waals surface area contributed by atoms with Gasteiger partial charge in [-0.3, -0.25) is 5.10 Å². The van der Waals surface area contributed by atoms with Gasteiger partial charge in [0.1, 0.15) is 13.5 Å². The molecule has 0 amide bonds. The van der Waals surface area contributed by atoms with Crippen LogP contribution in [0.3, 0.4) is 0 Å². The fourth-order valence-electron chi connectivity index (χ4n) is 0.563. The Bertz CT molecular complexity index is 232. The van der Waals surface area contributed by atoms with Gasteiger partial charge < -0.3 is 5.11 Å². The number of aromatic carboxylic acids is 1. The summed E-state index contributed by atoms with van der Waals surface area (Å²) in [6.45, 7) is 0. The van der Waals surface area contributed by atoms with Crippen LogP contribution >= 0.6 is 0 Å². The molecule has 0 saturated heterocycles. The zero-order valence-corrected chi connectivity index (χ0v) is 4.88. The molecule has 1 aromatic heterocycles. The maximum absolute atomic E-state index is 10.2. The number of H-pyrrole nitrogens is 1. The van der Waals surface area contributed by atoms with Crippen LogP contribution in [0.1, 0.15) is 10.5 Å². The Morgan fingerprint density at radius 1 is 1.89 bits per heavy atom. The maximum atomic E-state index is 10.2. The number of carboxylic acids is 1. The van der Waals surface area contributed by atoms with Gasteiger partial charge in [0.25, 0.3) is 0 Å². The molecule has 9 heavy (non-hydrogen) atoms. The minimum atomic E-state index is -0.968. The summed E-state index contributed by atoms with van der Waals surface area (Å²) in [6.07, 6.45) is 1.48. The van der Waals surface area contributed by atoms with Crippen LogP contribution < -0.4 is 5.46 Å². The average molecular weight is 124 g/mol. The number of rotatable bonds is 1. The number of nitrogens with zero attached hydrogens (tertiary/aromatic N) is 1. The van der Waals surface area contributed by atoms with Crippen LogP contribution in [0.2, 0.25) is 0 Å². The Morgan fingerprint density at radius 2 is 2.56 bits per heavy atom. The molecule has 0 atom stereocenters. The first-order chi connectivity index (χ1) is 4.22. The van der Waals surface area contributed by atoms with Gasteiger partial charge in [-0.15, -0.1) is 0 Å². The molecule has 0 radical (unpaired) electrons. The highest BCUT2D eigenvalue weighted by Gasteiger charge is 2.06. The average Bonchev–Trinajstić information content (AvgIpc) is 2.13. The molecule has 0 saturated carbocycles. The fourth-order valence-corrected chi connectivity index (χ4v) is 0.563. The van der Waals surface area contributed by atoms with Crippen LogP contribution in [0.25, 0.3) is 0 Å². The summed E-state index contributed by atoms with van der Waals surface area (Å²) in [5, 5.41) is 14.3. The number of carboxylic acid groups (broad SMARTS) is 1. The van der Waals surface area contributed by atoms with Crippen molar-refractivity contribution >= 4 is 19.3 Å². The van der Waals surface area contributed by atoms with Gasteiger partial charge in [-0.05, 0) is 5.46 Å². The van der Waals surface area contributed by atoms with E-state index in [1.807, 2.05) is 0 Å². The topological polar surface area (TPSA) is 66.0 Å². The smallest absolute Gasteiger partial charge is 0.353 e. The van der Waals surface area contributed by atoms with E-state index in [1.54, 1.807) is 7.85 Å². The van der Waals surface area contributed by atoms with E-state index in [1.165, 1.54) is 6.20 Å². The largest absolute Gasteiger partial charge is 0.477 e. The van der Waals surface area contributed by atoms with E-state index >= 15 is 0 Å². The van der Waals surface area contributed by atoms with E-state index in [4.69, 9.17) is 5.11 Å². The van der Waals surface area contributed by atoms with Crippen LogP contribution in [0.15, 0.2) is 6.20 Å². The fraction of sp³-hybridized carbons (Fsp3) is 0. The summed E-state index contributed by atoms with van der Waals surface area (Å²) in [5.74, 6) is -0.968. The van der Waals surface area contributed by atoms with Crippen LogP contribution in [0.5, 0.6) is 0 Å². The monoisotopic (exact) mass is 124 g/mol. The van der Waals surface area contributed by atoms with Gasteiger partial charge in [-0.2, -0.15) is 5.10 Å². The van der Waals surface area contributed by atoms with Crippen molar-refractivity contribution in [1.29, 1.82) is 0 Å². The SMILES string of the molecule is Bc1cn[nH]c1C(=O)O. The van der Waals surface area contributed by atoms with Gasteiger partial charge >= 0.3 is 5.97 Å². The normalized spacial score (nSPS) is 9.33. The van der Waals surface area contributed by atoms with E-state index < -0.39 is 5.97 Å². The molecule has 1 aromatic rings. The summed E-state index contributed by atoms with van der Waals surface area (Å²) in [4.78, 5) is 10.2. The van der Waals surface area contributed by atoms with Gasteiger partial charge in [0.15, 0.2) is 0 Å². The standard InChI is InChI=1S/C4H5BN2O2/c5-2-1-6-7-3(2)4(8)9/h1H,5H2,(H,6,7)(H,8,9). The molecule has 5 heteroatoms. The lowest BCUT2D eigenvalue weighted by atomic mass is 9.97. The van der Waals surface area contributed by atoms with Crippen molar-refractivity contribution in [3.05, 3.63) is 11.9 Å². The number of hydrogen-bond donors (Lipinski definition) is 2. The molecule has 0 bridgehead atoms. The van der Waals surface area contributed by atoms with E-state index in [0.29, 0.717) is 5.46 Å². The predicted molar refractivity (Wildman–Crippen MR) is 33.7 cm³/mol. The lowest BCUT2D eigenvalue weighted by Gasteiger charge is -1.85. The molecule has 4 nitrogen and oxygen atoms in total. The zero-order valence-electron chi connectivity index (χ0n) is 4.88. The predicted octanol–water partition coefficient (Wildman–Crippen LogP) is -1.63. The minimum absolute atomic E-state index is 0.162. The third-order valence-corrected chi connectivity index (χ3v) is 1.04. The van der Waals surface area contributed by atoms with Crippen LogP contribution in [-0.4, -0.2) is 29.1 Å². The van der Waals surface area contributed by atoms with Gasteiger partial charge in [0.2, 0.25) is 0 Å². The summed E-state index contributed by atoms with van der Waals surface area (Å²) in [7, 11) is 1.69. The van der Waals surface area contributed by atoms with Crippen molar-refractivity contribution in [3.8, 4) is 0 Å². The maximum Gasteiger partial charge on any atom is 0.353 e. The Morgan fingerprint density at radius 3 is 2.78 bits per heavy atom. The van der Waals surface area contributed by atoms with Crippen molar-refractivity contribution in [2.75, 3.05) is 0 Å². The Kier molecular flexibility index (Phi) is 1.26. The molecule has 0 aliphatic heterocycles. The first-order valence-electron chi connectivity index (χ1n) is 2.45. The molecule has 1 heterocycles. The molecule has 0 aromatic carbocycles. The summed E-state index contributed by atoms with van der Waals surface area (Å²) in [5.41, 5.74) is 0.817. The second kappa shape index (κ2) is 1.93. The Balaban J connectivity index is 3.08. The van der Waals surface area contributed by atoms with Gasteiger partial charge in [-0.1, -0.05) is 0 Å². The zero-order chi connectivity index (χ0) is 6.85. The number of carbonyl (C=O) groups is 1. The first-order valence-corrected chi connectivity index (χ1v) is 2.45. The van der Waals surface area contributed by atoms with Crippen molar-refractivity contribution < 1.29 is 9.90 Å². The summed E-state index contributed by atoms with van der Waals surface area (Å²) >= 11 is 0. The quantitative estimate of drug-likeness (QED) is 0.441. The summed E-state index contributed by atoms with van der Waals surface area (Å²) < 4.78 is 0. The molecule has 0 spiro atoms. The van der Waals surface area contributed by atoms with Crippen LogP contribution in [0.4, 0.5) is 0 Å². The third-order valence-electron chi connectivity index (χ3n) is 1.04. The van der Waals surface area contributed by atoms with Gasteiger partial charge in [0, 0.05) is 6.20 Å². The number of aromatic nitrogens is 2. The van der Waals surface area contributed by atoms with Crippen molar-refractivity contribution in [2.24, 2.45) is 0 Å². The molecule has 46 valence electrons. The highest BCUT2D eigenvalue weighted by atomic mass is 16.4. The lowest BCUT2D eigenvalue weighted by molar-refractivity contribution is 0.0692. The molecule has 0 aliphatic carbocycles. The second-order valence-electron chi connectivity index (χ2n) is 1.73. The van der Waals surface area contributed by atoms with Gasteiger partial charge in [-0.25, -0.2) is 4.79 Å². The minimum Gasteiger partial charge on any atom is -0.477 e. The van der Waals surface area contributed by atoms with Crippen LogP contribution in [-0.2, 0) is 0 Å². The van der Waals surface area contributed by atoms with Crippen molar-refractivity contribution in [2.45, 2.75) is 0 Å². The van der Waals surface area contributed by atoms with E-state index in [-0.39, 0.29) is 5.69 Å². The molecular formula is C4H5BN2O2. The molecule has 0 unspecified atom stereocenters. The Labute approximate surface area is 52.3 Å². The highest BCUT2D eigenvalue weighted by Crippen LogP contribution is 1.83. The molecular weight excluding hydrogens is 119 g/mol. The molecule has 1 rings (SSSR count). The molecule has 0 fully saturated rings. The van der Waals surface area contributed by atoms with E-state index in [2.05, 4.69) is 10.2 Å². The lowest BCUT2D eigenvalue weighted by Crippen LogP contribution is -2.12. The molecule has 0 aliphatic rings.